The zero-order valence-electron chi connectivity index (χ0n) is 38.9. The van der Waals surface area contributed by atoms with E-state index in [1.54, 1.807) is 6.07 Å². The van der Waals surface area contributed by atoms with E-state index in [-0.39, 0.29) is 57.4 Å². The minimum Gasteiger partial charge on any atom is -0.494 e. The molecule has 7 aliphatic rings. The fourth-order valence-corrected chi connectivity index (χ4v) is 16.7. The molecule has 1 aromatic heterocycles. The van der Waals surface area contributed by atoms with Gasteiger partial charge in [0.1, 0.15) is 11.9 Å². The molecule has 1 saturated heterocycles. The first kappa shape index (κ1) is 43.6. The lowest BCUT2D eigenvalue weighted by Gasteiger charge is -2.73. The number of fused-ring (bicyclic) bond motifs is 7. The number of amides is 1. The van der Waals surface area contributed by atoms with Crippen molar-refractivity contribution in [2.24, 2.45) is 73.9 Å². The number of carbonyl (C=O) groups is 3. The molecule has 9 rings (SSSR count). The topological polar surface area (TPSA) is 122 Å². The molecule has 0 radical (unpaired) electrons. The van der Waals surface area contributed by atoms with Crippen molar-refractivity contribution < 1.29 is 33.4 Å². The minimum absolute atomic E-state index is 0.0638. The number of esters is 1. The summed E-state index contributed by atoms with van der Waals surface area (Å²) in [5, 5.41) is 9.71. The zero-order valence-corrected chi connectivity index (χ0v) is 38.9. The van der Waals surface area contributed by atoms with Gasteiger partial charge in [-0.15, -0.1) is 0 Å². The number of carboxylic acid groups (broad SMARTS) is 1. The Kier molecular flexibility index (Phi) is 10.3. The van der Waals surface area contributed by atoms with E-state index in [1.165, 1.54) is 18.7 Å². The number of hydrogen-bond donors (Lipinski definition) is 2. The first-order valence-corrected chi connectivity index (χ1v) is 23.9. The summed E-state index contributed by atoms with van der Waals surface area (Å²) in [4.78, 5) is 51.7. The van der Waals surface area contributed by atoms with Crippen molar-refractivity contribution in [3.8, 4) is 17.0 Å². The van der Waals surface area contributed by atoms with Crippen molar-refractivity contribution in [3.05, 3.63) is 48.2 Å². The van der Waals surface area contributed by atoms with E-state index in [0.29, 0.717) is 47.3 Å². The largest absolute Gasteiger partial charge is 0.494 e. The highest BCUT2D eigenvalue weighted by Gasteiger charge is 2.72. The van der Waals surface area contributed by atoms with Gasteiger partial charge in [-0.25, -0.2) is 9.37 Å². The molecule has 6 saturated carbocycles. The first-order chi connectivity index (χ1) is 29.2. The average Bonchev–Trinajstić information content (AvgIpc) is 3.98. The van der Waals surface area contributed by atoms with Gasteiger partial charge in [0, 0.05) is 23.7 Å². The highest BCUT2D eigenvalue weighted by Crippen LogP contribution is 2.78. The Morgan fingerprint density at radius 1 is 0.887 bits per heavy atom. The van der Waals surface area contributed by atoms with Gasteiger partial charge in [0.2, 0.25) is 5.91 Å². The lowest BCUT2D eigenvalue weighted by atomic mass is 9.32. The van der Waals surface area contributed by atoms with Gasteiger partial charge in [0.05, 0.1) is 36.1 Å². The van der Waals surface area contributed by atoms with Crippen molar-refractivity contribution in [1.82, 2.24) is 14.9 Å². The Morgan fingerprint density at radius 2 is 1.65 bits per heavy atom. The molecule has 1 aliphatic heterocycles. The molecule has 7 fully saturated rings. The molecular weight excluding hydrogens is 782 g/mol. The van der Waals surface area contributed by atoms with Crippen LogP contribution in [-0.2, 0) is 19.1 Å². The van der Waals surface area contributed by atoms with Crippen molar-refractivity contribution in [1.29, 1.82) is 0 Å². The Morgan fingerprint density at radius 3 is 2.32 bits per heavy atom. The number of H-pyrrole nitrogens is 1. The molecule has 10 heteroatoms. The number of aromatic nitrogens is 2. The van der Waals surface area contributed by atoms with Crippen LogP contribution in [-0.4, -0.2) is 57.6 Å². The maximum Gasteiger partial charge on any atom is 0.309 e. The highest BCUT2D eigenvalue weighted by molar-refractivity contribution is 5.85. The first-order valence-electron chi connectivity index (χ1n) is 23.9. The second kappa shape index (κ2) is 14.7. The summed E-state index contributed by atoms with van der Waals surface area (Å²) in [5.74, 6) is 0.809. The third-order valence-corrected chi connectivity index (χ3v) is 20.4. The molecule has 3 unspecified atom stereocenters. The molecule has 1 amide bonds. The molecule has 1 aromatic carbocycles. The maximum absolute atomic E-state index is 15.6. The molecule has 338 valence electrons. The van der Waals surface area contributed by atoms with Crippen molar-refractivity contribution in [2.75, 3.05) is 13.7 Å². The molecule has 2 N–H and O–H groups in total. The van der Waals surface area contributed by atoms with Crippen LogP contribution in [0.4, 0.5) is 4.39 Å². The smallest absolute Gasteiger partial charge is 0.309 e. The fraction of sp³-hybridized carbons (Fsp3) is 0.731. The zero-order chi connectivity index (χ0) is 44.5. The predicted octanol–water partition coefficient (Wildman–Crippen LogP) is 11.2. The molecule has 2 aromatic rings. The normalized spacial score (nSPS) is 41.5. The number of halogens is 1. The number of nitrogens with zero attached hydrogens (tertiary/aromatic N) is 2. The second-order valence-electron chi connectivity index (χ2n) is 23.3. The third kappa shape index (κ3) is 6.01. The number of nitrogens with one attached hydrogen (secondary N) is 1. The van der Waals surface area contributed by atoms with Crippen LogP contribution in [0.5, 0.6) is 5.75 Å². The van der Waals surface area contributed by atoms with E-state index >= 15 is 4.79 Å². The van der Waals surface area contributed by atoms with E-state index in [0.717, 1.165) is 89.4 Å². The van der Waals surface area contributed by atoms with Crippen LogP contribution in [0.3, 0.4) is 0 Å². The lowest BCUT2D eigenvalue weighted by Crippen LogP contribution is -2.67. The van der Waals surface area contributed by atoms with Crippen LogP contribution in [0.15, 0.2) is 36.5 Å². The van der Waals surface area contributed by atoms with E-state index in [2.05, 4.69) is 58.0 Å². The number of likely N-dealkylation sites (tertiary alicyclic amines) is 1. The fourth-order valence-electron chi connectivity index (χ4n) is 16.7. The standard InChI is InChI=1S/C52H72FN3O6/c1-29(2)31-17-22-52(46(60)56-25-11-12-37(56)43-54-28-36(55-43)30-13-15-38(61-10)35(53)26-30)24-23-50(8)32(42(31)52)14-16-40-49(7)20-19-41(48(5,6)39(49)18-21-51(40,50)9)62-45(59)34-27-33(44(57)58)47(34,3)4/h13,15,26,28,31-34,37,39-42H,1,11-12,14,16-25,27H2,2-10H3,(H,54,55)(H,57,58)/t31-,32+,33-,34+,37-,39?,40?,41-,42?,49-,50+,51+,52-/m0/s1. The van der Waals surface area contributed by atoms with Crippen LogP contribution in [0.2, 0.25) is 0 Å². The van der Waals surface area contributed by atoms with Gasteiger partial charge in [-0.05, 0) is 160 Å². The number of benzene rings is 1. The Labute approximate surface area is 368 Å². The second-order valence-corrected chi connectivity index (χ2v) is 23.3. The summed E-state index contributed by atoms with van der Waals surface area (Å²) in [6.07, 6.45) is 14.0. The van der Waals surface area contributed by atoms with E-state index < -0.39 is 28.5 Å². The predicted molar refractivity (Wildman–Crippen MR) is 236 cm³/mol. The summed E-state index contributed by atoms with van der Waals surface area (Å²) in [5.41, 5.74) is 1.55. The number of aliphatic carboxylic acids is 1. The molecule has 2 heterocycles. The number of aromatic amines is 1. The van der Waals surface area contributed by atoms with Crippen molar-refractivity contribution >= 4 is 17.8 Å². The van der Waals surface area contributed by atoms with Gasteiger partial charge in [-0.3, -0.25) is 14.4 Å². The average molecular weight is 854 g/mol. The molecule has 9 nitrogen and oxygen atoms in total. The molecule has 0 bridgehead atoms. The van der Waals surface area contributed by atoms with Gasteiger partial charge < -0.3 is 24.5 Å². The monoisotopic (exact) mass is 854 g/mol. The summed E-state index contributed by atoms with van der Waals surface area (Å²) >= 11 is 0. The Balaban J connectivity index is 0.961. The SMILES string of the molecule is C=C(C)[C@@H]1CC[C@]2(C(=O)N3CCC[C@H]3c3nc(-c4ccc(OC)c(F)c4)c[nH]3)CC[C@]3(C)[C@H](CCC4[C@@]5(C)CC[C@H](OC(=O)[C@H]6C[C@@H](C(=O)O)C6(C)C)C(C)(C)C5CC[C@]43C)C12. The van der Waals surface area contributed by atoms with Crippen LogP contribution < -0.4 is 4.74 Å². The van der Waals surface area contributed by atoms with Gasteiger partial charge in [-0.2, -0.15) is 0 Å². The van der Waals surface area contributed by atoms with Crippen molar-refractivity contribution in [2.45, 2.75) is 151 Å². The minimum atomic E-state index is -0.828. The quantitative estimate of drug-likeness (QED) is 0.200. The van der Waals surface area contributed by atoms with Crippen LogP contribution in [0.25, 0.3) is 11.3 Å². The van der Waals surface area contributed by atoms with Crippen LogP contribution in [0.1, 0.15) is 151 Å². The van der Waals surface area contributed by atoms with E-state index in [9.17, 15) is 19.1 Å². The Hall–Kier alpha value is -3.69. The van der Waals surface area contributed by atoms with Gasteiger partial charge in [0.25, 0.3) is 0 Å². The highest BCUT2D eigenvalue weighted by atomic mass is 19.1. The number of hydrogen-bond acceptors (Lipinski definition) is 6. The number of carboxylic acids is 1. The van der Waals surface area contributed by atoms with Gasteiger partial charge in [0.15, 0.2) is 11.6 Å². The van der Waals surface area contributed by atoms with Gasteiger partial charge >= 0.3 is 11.9 Å². The van der Waals surface area contributed by atoms with E-state index in [1.807, 2.05) is 26.1 Å². The van der Waals surface area contributed by atoms with E-state index in [4.69, 9.17) is 14.5 Å². The number of methoxy groups -OCH3 is 1. The molecule has 0 spiro atoms. The number of allylic oxidation sites excluding steroid dienone is 1. The molecule has 13 atom stereocenters. The third-order valence-electron chi connectivity index (χ3n) is 20.4. The molecular formula is C52H72FN3O6. The van der Waals surface area contributed by atoms with Crippen LogP contribution >= 0.6 is 0 Å². The number of carbonyl (C=O) groups excluding carboxylic acids is 2. The summed E-state index contributed by atoms with van der Waals surface area (Å²) in [6.45, 7) is 23.8. The number of imidazole rings is 1. The van der Waals surface area contributed by atoms with Crippen molar-refractivity contribution in [3.63, 3.8) is 0 Å². The molecule has 62 heavy (non-hydrogen) atoms. The number of rotatable bonds is 8. The lowest BCUT2D eigenvalue weighted by molar-refractivity contribution is -0.251. The number of ether oxygens (including phenoxy) is 2. The maximum atomic E-state index is 15.6. The van der Waals surface area contributed by atoms with Crippen LogP contribution in [0, 0.1) is 79.7 Å². The summed E-state index contributed by atoms with van der Waals surface area (Å²) in [7, 11) is 1.46. The van der Waals surface area contributed by atoms with Gasteiger partial charge in [-0.1, -0.05) is 60.6 Å². The Bertz CT molecular complexity index is 2160. The summed E-state index contributed by atoms with van der Waals surface area (Å²) in [6, 6.07) is 4.76. The molecule has 6 aliphatic carbocycles. The summed E-state index contributed by atoms with van der Waals surface area (Å²) < 4.78 is 26.3.